The molecule has 0 aliphatic carbocycles. The van der Waals surface area contributed by atoms with E-state index in [1.54, 1.807) is 12.1 Å². The Morgan fingerprint density at radius 1 is 1.55 bits per heavy atom. The fourth-order valence-electron chi connectivity index (χ4n) is 3.37. The molecule has 0 saturated carbocycles. The Hall–Kier alpha value is -0.860. The van der Waals surface area contributed by atoms with Crippen molar-refractivity contribution < 1.29 is 18.3 Å². The molecule has 0 amide bonds. The zero-order valence-corrected chi connectivity index (χ0v) is 13.8. The van der Waals surface area contributed by atoms with Crippen molar-refractivity contribution in [3.8, 4) is 5.75 Å². The molecule has 2 atom stereocenters. The first kappa shape index (κ1) is 16.0. The van der Waals surface area contributed by atoms with Crippen molar-refractivity contribution >= 4 is 21.6 Å². The second-order valence-electron chi connectivity index (χ2n) is 5.94. The van der Waals surface area contributed by atoms with Crippen LogP contribution in [0.15, 0.2) is 23.1 Å². The summed E-state index contributed by atoms with van der Waals surface area (Å²) in [7, 11) is -2.28. The highest BCUT2D eigenvalue weighted by Crippen LogP contribution is 2.42. The van der Waals surface area contributed by atoms with Crippen LogP contribution in [-0.4, -0.2) is 57.7 Å². The fourth-order valence-corrected chi connectivity index (χ4v) is 5.37. The van der Waals surface area contributed by atoms with E-state index in [0.717, 1.165) is 6.54 Å². The van der Waals surface area contributed by atoms with E-state index in [1.807, 2.05) is 0 Å². The van der Waals surface area contributed by atoms with Gasteiger partial charge in [-0.1, -0.05) is 11.6 Å². The lowest BCUT2D eigenvalue weighted by Gasteiger charge is -2.25. The summed E-state index contributed by atoms with van der Waals surface area (Å²) >= 11 is 5.95. The van der Waals surface area contributed by atoms with Crippen LogP contribution in [0.5, 0.6) is 5.75 Å². The molecule has 2 saturated heterocycles. The van der Waals surface area contributed by atoms with Crippen LogP contribution in [0.3, 0.4) is 0 Å². The molecule has 1 aromatic carbocycles. The molecular formula is C14H19ClN2O4S. The smallest absolute Gasteiger partial charge is 0.246 e. The molecule has 2 fully saturated rings. The molecule has 2 N–H and O–H groups in total. The van der Waals surface area contributed by atoms with Crippen LogP contribution < -0.4 is 10.1 Å². The number of rotatable bonds is 4. The van der Waals surface area contributed by atoms with Crippen molar-refractivity contribution in [1.29, 1.82) is 0 Å². The Labute approximate surface area is 135 Å². The first-order valence-corrected chi connectivity index (χ1v) is 8.90. The summed E-state index contributed by atoms with van der Waals surface area (Å²) in [5, 5.41) is 13.3. The van der Waals surface area contributed by atoms with E-state index in [0.29, 0.717) is 24.7 Å². The van der Waals surface area contributed by atoms with E-state index in [2.05, 4.69) is 5.32 Å². The molecule has 0 aromatic heterocycles. The van der Waals surface area contributed by atoms with E-state index in [1.165, 1.54) is 17.5 Å². The molecule has 6 nitrogen and oxygen atoms in total. The molecular weight excluding hydrogens is 328 g/mol. The zero-order valence-electron chi connectivity index (χ0n) is 12.3. The normalized spacial score (nSPS) is 28.8. The minimum atomic E-state index is -3.71. The minimum Gasteiger partial charge on any atom is -0.495 e. The maximum atomic E-state index is 12.9. The molecule has 0 radical (unpaired) electrons. The van der Waals surface area contributed by atoms with E-state index < -0.39 is 10.0 Å². The summed E-state index contributed by atoms with van der Waals surface area (Å²) < 4.78 is 32.5. The third kappa shape index (κ3) is 2.41. The van der Waals surface area contributed by atoms with Gasteiger partial charge in [-0.3, -0.25) is 0 Å². The Balaban J connectivity index is 1.97. The van der Waals surface area contributed by atoms with E-state index >= 15 is 0 Å². The van der Waals surface area contributed by atoms with Crippen molar-refractivity contribution in [2.75, 3.05) is 39.9 Å². The SMILES string of the molecule is COc1ccc(Cl)cc1S(=O)(=O)N1CC2CNCC2(CO)C1. The maximum absolute atomic E-state index is 12.9. The van der Waals surface area contributed by atoms with Gasteiger partial charge in [0.1, 0.15) is 10.6 Å². The molecule has 22 heavy (non-hydrogen) atoms. The van der Waals surface area contributed by atoms with Gasteiger partial charge < -0.3 is 15.2 Å². The number of sulfonamides is 1. The van der Waals surface area contributed by atoms with Gasteiger partial charge in [0.15, 0.2) is 0 Å². The third-order valence-corrected chi connectivity index (χ3v) is 6.78. The molecule has 122 valence electrons. The Kier molecular flexibility index (Phi) is 4.11. The lowest BCUT2D eigenvalue weighted by atomic mass is 9.82. The van der Waals surface area contributed by atoms with Gasteiger partial charge in [-0.2, -0.15) is 4.31 Å². The number of hydrogen-bond acceptors (Lipinski definition) is 5. The number of hydrogen-bond donors (Lipinski definition) is 2. The predicted molar refractivity (Wildman–Crippen MR) is 82.6 cm³/mol. The number of nitrogens with one attached hydrogen (secondary N) is 1. The summed E-state index contributed by atoms with van der Waals surface area (Å²) in [5.74, 6) is 0.398. The van der Waals surface area contributed by atoms with Gasteiger partial charge in [0.05, 0.1) is 13.7 Å². The average molecular weight is 347 g/mol. The zero-order chi connectivity index (χ0) is 16.0. The lowest BCUT2D eigenvalue weighted by Crippen LogP contribution is -2.38. The minimum absolute atomic E-state index is 0.0244. The van der Waals surface area contributed by atoms with Gasteiger partial charge in [0, 0.05) is 30.1 Å². The van der Waals surface area contributed by atoms with Crippen LogP contribution >= 0.6 is 11.6 Å². The second-order valence-corrected chi connectivity index (χ2v) is 8.28. The van der Waals surface area contributed by atoms with Crippen LogP contribution in [0.25, 0.3) is 0 Å². The number of nitrogens with zero attached hydrogens (tertiary/aromatic N) is 1. The van der Waals surface area contributed by atoms with Gasteiger partial charge in [0.25, 0.3) is 0 Å². The number of halogens is 1. The summed E-state index contributed by atoms with van der Waals surface area (Å²) in [4.78, 5) is 0.0727. The topological polar surface area (TPSA) is 78.9 Å². The highest BCUT2D eigenvalue weighted by atomic mass is 35.5. The molecule has 3 rings (SSSR count). The summed E-state index contributed by atoms with van der Waals surface area (Å²) in [6, 6.07) is 4.56. The van der Waals surface area contributed by atoms with E-state index in [-0.39, 0.29) is 28.6 Å². The third-order valence-electron chi connectivity index (χ3n) is 4.71. The van der Waals surface area contributed by atoms with Gasteiger partial charge >= 0.3 is 0 Å². The predicted octanol–water partition coefficient (Wildman–Crippen LogP) is 0.551. The van der Waals surface area contributed by atoms with Gasteiger partial charge in [0.2, 0.25) is 10.0 Å². The maximum Gasteiger partial charge on any atom is 0.246 e. The van der Waals surface area contributed by atoms with Crippen molar-refractivity contribution in [2.45, 2.75) is 4.90 Å². The Morgan fingerprint density at radius 3 is 2.95 bits per heavy atom. The summed E-state index contributed by atoms with van der Waals surface area (Å²) in [6.07, 6.45) is 0. The first-order chi connectivity index (χ1) is 10.4. The molecule has 2 unspecified atom stereocenters. The number of benzene rings is 1. The summed E-state index contributed by atoms with van der Waals surface area (Å²) in [5.41, 5.74) is -0.390. The largest absolute Gasteiger partial charge is 0.495 e. The number of methoxy groups -OCH3 is 1. The highest BCUT2D eigenvalue weighted by Gasteiger charge is 2.52. The van der Waals surface area contributed by atoms with Crippen LogP contribution in [-0.2, 0) is 10.0 Å². The van der Waals surface area contributed by atoms with Gasteiger partial charge in [-0.25, -0.2) is 8.42 Å². The standard InChI is InChI=1S/C14H19ClN2O4S/c1-21-12-3-2-11(15)4-13(12)22(19,20)17-6-10-5-16-7-14(10,8-17)9-18/h2-4,10,16,18H,5-9H2,1H3. The van der Waals surface area contributed by atoms with Gasteiger partial charge in [-0.15, -0.1) is 0 Å². The van der Waals surface area contributed by atoms with Crippen LogP contribution in [0.2, 0.25) is 5.02 Å². The Morgan fingerprint density at radius 2 is 2.32 bits per heavy atom. The first-order valence-electron chi connectivity index (χ1n) is 7.08. The van der Waals surface area contributed by atoms with Crippen LogP contribution in [0.1, 0.15) is 0 Å². The lowest BCUT2D eigenvalue weighted by molar-refractivity contribution is 0.130. The molecule has 0 bridgehead atoms. The van der Waals surface area contributed by atoms with Gasteiger partial charge in [-0.05, 0) is 30.7 Å². The van der Waals surface area contributed by atoms with Crippen LogP contribution in [0, 0.1) is 11.3 Å². The average Bonchev–Trinajstić information content (AvgIpc) is 3.04. The second kappa shape index (κ2) is 5.65. The van der Waals surface area contributed by atoms with E-state index in [9.17, 15) is 13.5 Å². The molecule has 0 spiro atoms. The quantitative estimate of drug-likeness (QED) is 0.832. The van der Waals surface area contributed by atoms with Crippen molar-refractivity contribution in [2.24, 2.45) is 11.3 Å². The molecule has 1 aromatic rings. The highest BCUT2D eigenvalue weighted by molar-refractivity contribution is 7.89. The molecule has 2 heterocycles. The number of ether oxygens (including phenoxy) is 1. The molecule has 2 aliphatic rings. The summed E-state index contributed by atoms with van der Waals surface area (Å²) in [6.45, 7) is 2.03. The fraction of sp³-hybridized carbons (Fsp3) is 0.571. The van der Waals surface area contributed by atoms with Crippen molar-refractivity contribution in [3.63, 3.8) is 0 Å². The number of aliphatic hydroxyl groups is 1. The number of fused-ring (bicyclic) bond motifs is 1. The van der Waals surface area contributed by atoms with Crippen LogP contribution in [0.4, 0.5) is 0 Å². The van der Waals surface area contributed by atoms with E-state index in [4.69, 9.17) is 16.3 Å². The molecule has 2 aliphatic heterocycles. The number of aliphatic hydroxyl groups excluding tert-OH is 1. The Bertz CT molecular complexity index is 681. The molecule has 8 heteroatoms. The monoisotopic (exact) mass is 346 g/mol. The van der Waals surface area contributed by atoms with Crippen molar-refractivity contribution in [3.05, 3.63) is 23.2 Å². The van der Waals surface area contributed by atoms with Crippen molar-refractivity contribution in [1.82, 2.24) is 9.62 Å².